The van der Waals surface area contributed by atoms with Gasteiger partial charge in [0.05, 0.1) is 52.4 Å². The van der Waals surface area contributed by atoms with Gasteiger partial charge in [-0.3, -0.25) is 4.79 Å². The molecule has 8 rings (SSSR count). The number of phenols is 1. The van der Waals surface area contributed by atoms with Crippen molar-refractivity contribution in [1.82, 2.24) is 0 Å². The Bertz CT molecular complexity index is 1850. The van der Waals surface area contributed by atoms with Gasteiger partial charge in [0.25, 0.3) is 0 Å². The Morgan fingerprint density at radius 2 is 1.74 bits per heavy atom. The molecule has 0 unspecified atom stereocenters. The van der Waals surface area contributed by atoms with Crippen LogP contribution < -0.4 is 18.9 Å². The van der Waals surface area contributed by atoms with Gasteiger partial charge in [0.2, 0.25) is 12.5 Å². The second-order valence-electron chi connectivity index (χ2n) is 11.4. The van der Waals surface area contributed by atoms with E-state index in [1.165, 1.54) is 23.5 Å². The maximum atomic E-state index is 13.7. The van der Waals surface area contributed by atoms with E-state index in [4.69, 9.17) is 50.9 Å². The normalized spacial score (nSPS) is 38.7. The Morgan fingerprint density at radius 3 is 2.46 bits per heavy atom. The molecule has 0 bridgehead atoms. The van der Waals surface area contributed by atoms with Gasteiger partial charge < -0.3 is 58.0 Å². The van der Waals surface area contributed by atoms with Gasteiger partial charge in [-0.1, -0.05) is 6.07 Å². The molecule has 0 spiro atoms. The minimum Gasteiger partial charge on any atom is -0.502 e. The van der Waals surface area contributed by atoms with Crippen LogP contribution in [-0.2, 0) is 28.5 Å². The molecule has 0 amide bonds. The summed E-state index contributed by atoms with van der Waals surface area (Å²) in [6.45, 7) is -0.477. The fourth-order valence-electron chi connectivity index (χ4n) is 6.76. The van der Waals surface area contributed by atoms with Crippen LogP contribution in [0.25, 0.3) is 0 Å². The number of fused-ring (bicyclic) bond motifs is 4. The highest BCUT2D eigenvalue weighted by Crippen LogP contribution is 2.57. The number of hydrogen-bond donors (Lipinski definition) is 3. The third kappa shape index (κ3) is 4.70. The lowest BCUT2D eigenvalue weighted by atomic mass is 9.66. The van der Waals surface area contributed by atoms with E-state index in [2.05, 4.69) is 0 Å². The molecule has 2 aromatic carbocycles. The van der Waals surface area contributed by atoms with Crippen molar-refractivity contribution >= 4 is 17.3 Å². The third-order valence-electron chi connectivity index (χ3n) is 8.90. The lowest BCUT2D eigenvalue weighted by molar-refractivity contribution is -0.368. The van der Waals surface area contributed by atoms with Crippen LogP contribution in [0.3, 0.4) is 0 Å². The van der Waals surface area contributed by atoms with E-state index >= 15 is 0 Å². The van der Waals surface area contributed by atoms with E-state index in [1.54, 1.807) is 0 Å². The van der Waals surface area contributed by atoms with Crippen LogP contribution in [-0.4, -0.2) is 86.1 Å². The molecule has 5 heterocycles. The van der Waals surface area contributed by atoms with E-state index < -0.39 is 98.1 Å². The second-order valence-corrected chi connectivity index (χ2v) is 12.3. The average molecular weight is 664 g/mol. The Labute approximate surface area is 276 Å². The van der Waals surface area contributed by atoms with Gasteiger partial charge in [0, 0.05) is 13.2 Å². The minimum atomic E-state index is -3.13. The first-order valence-electron chi connectivity index (χ1n) is 17.9. The van der Waals surface area contributed by atoms with E-state index in [0.29, 0.717) is 0 Å². The first kappa shape index (κ1) is 22.8. The molecule has 1 aliphatic carbocycles. The summed E-state index contributed by atoms with van der Waals surface area (Å²) in [6, 6.07) is 8.62. The number of methoxy groups -OCH3 is 2. The summed E-state index contributed by atoms with van der Waals surface area (Å²) >= 11 is 1.40. The number of hydrogen-bond acceptors (Lipinski definition) is 14. The maximum Gasteiger partial charge on any atom is 0.310 e. The van der Waals surface area contributed by atoms with Crippen LogP contribution in [0.15, 0.2) is 41.8 Å². The molecule has 244 valence electrons. The van der Waals surface area contributed by atoms with Crippen molar-refractivity contribution < 1.29 is 72.3 Å². The zero-order chi connectivity index (χ0) is 37.6. The molecule has 3 aromatic rings. The first-order chi connectivity index (χ1) is 25.0. The first-order valence-corrected chi connectivity index (χ1v) is 15.2. The van der Waals surface area contributed by atoms with Crippen LogP contribution in [0.2, 0.25) is 0 Å². The topological polar surface area (TPSA) is 161 Å². The molecule has 0 radical (unpaired) electrons. The molecule has 14 heteroatoms. The van der Waals surface area contributed by atoms with Crippen molar-refractivity contribution in [2.24, 2.45) is 11.8 Å². The Hall–Kier alpha value is -3.63. The van der Waals surface area contributed by atoms with Crippen LogP contribution in [0.1, 0.15) is 49.5 Å². The van der Waals surface area contributed by atoms with Crippen molar-refractivity contribution in [2.45, 2.75) is 49.0 Å². The number of esters is 1. The predicted octanol–water partition coefficient (Wildman–Crippen LogP) is 2.75. The molecule has 5 aliphatic rings. The number of aliphatic hydroxyl groups is 2. The van der Waals surface area contributed by atoms with E-state index in [1.807, 2.05) is 17.5 Å². The van der Waals surface area contributed by atoms with Gasteiger partial charge in [0.1, 0.15) is 24.4 Å². The van der Waals surface area contributed by atoms with Crippen molar-refractivity contribution in [3.63, 3.8) is 0 Å². The maximum absolute atomic E-state index is 13.7. The van der Waals surface area contributed by atoms with Crippen LogP contribution >= 0.6 is 11.3 Å². The number of aliphatic hydroxyl groups excluding tert-OH is 2. The van der Waals surface area contributed by atoms with Crippen molar-refractivity contribution in [2.75, 3.05) is 34.1 Å². The summed E-state index contributed by atoms with van der Waals surface area (Å²) in [4.78, 5) is 14.5. The lowest BCUT2D eigenvalue weighted by Gasteiger charge is -2.48. The van der Waals surface area contributed by atoms with E-state index in [0.717, 1.165) is 17.0 Å². The molecule has 3 N–H and O–H groups in total. The van der Waals surface area contributed by atoms with Crippen molar-refractivity contribution in [3.05, 3.63) is 63.3 Å². The highest BCUT2D eigenvalue weighted by atomic mass is 32.1. The number of thiophene rings is 1. The standard InChI is InChI=1S/C32H32O13S/c1-37-19-6-13(7-20(38-2)25(19)33)23-14-8-17-18(42-12-41-17)9-15(14)28(16-10-39-30(36)24(16)23)44-32-27(35)26(34)29-21(43-32)11-40-31(45-29)22-4-3-5-46-22/h3-9,16,21,23-24,26-29,31-35H,10-12H2,1-2H3/t16-,21+,23+,24-,26+,27+,28+,29+,31+,32-/m0/s1/i1D3,2D3,23D. The zero-order valence-corrected chi connectivity index (χ0v) is 24.5. The van der Waals surface area contributed by atoms with Crippen LogP contribution in [0.5, 0.6) is 28.7 Å². The summed E-state index contributed by atoms with van der Waals surface area (Å²) < 4.78 is 107. The fourth-order valence-corrected chi connectivity index (χ4v) is 7.47. The zero-order valence-electron chi connectivity index (χ0n) is 30.7. The van der Waals surface area contributed by atoms with E-state index in [-0.39, 0.29) is 48.2 Å². The number of carbonyl (C=O) groups is 1. The molecule has 13 nitrogen and oxygen atoms in total. The quantitative estimate of drug-likeness (QED) is 0.331. The van der Waals surface area contributed by atoms with Crippen LogP contribution in [0.4, 0.5) is 0 Å². The summed E-state index contributed by atoms with van der Waals surface area (Å²) in [5.41, 5.74) is 0.101. The Balaban J connectivity index is 1.21. The number of aromatic hydroxyl groups is 1. The van der Waals surface area contributed by atoms with Crippen molar-refractivity contribution in [3.8, 4) is 28.7 Å². The summed E-state index contributed by atoms with van der Waals surface area (Å²) in [5, 5.41) is 35.3. The molecule has 3 saturated heterocycles. The van der Waals surface area contributed by atoms with Gasteiger partial charge in [-0.2, -0.15) is 0 Å². The second kappa shape index (κ2) is 11.6. The summed E-state index contributed by atoms with van der Waals surface area (Å²) in [5.74, 6) is -7.50. The average Bonchev–Trinajstić information content (AvgIpc) is 3.87. The highest BCUT2D eigenvalue weighted by molar-refractivity contribution is 7.10. The monoisotopic (exact) mass is 663 g/mol. The molecule has 10 atom stereocenters. The molecule has 0 saturated carbocycles. The molecule has 3 fully saturated rings. The Morgan fingerprint density at radius 1 is 0.978 bits per heavy atom. The molecular formula is C32H32O13S. The van der Waals surface area contributed by atoms with Gasteiger partial charge >= 0.3 is 5.97 Å². The molecule has 46 heavy (non-hydrogen) atoms. The lowest BCUT2D eigenvalue weighted by Crippen LogP contribution is -2.62. The Kier molecular flexibility index (Phi) is 5.73. The van der Waals surface area contributed by atoms with Gasteiger partial charge in [0.15, 0.2) is 35.6 Å². The van der Waals surface area contributed by atoms with Crippen LogP contribution in [0, 0.1) is 11.8 Å². The SMILES string of the molecule is [2H]C([2H])([2H])Oc1cc([C@]2([2H])c3cc4c(cc3[C@@H](O[C@@H]3O[C@@H]5CO[C@@H](c6cccs6)O[C@H]5[C@H](O)[C@H]3O)[C@H]3COC(=O)[C@@H]32)OCO4)cc(OC([2H])([2H])[2H])c1O. The number of carbonyl (C=O) groups excluding carboxylic acids is 1. The number of phenolic OH excluding ortho intramolecular Hbond substituents is 1. The van der Waals surface area contributed by atoms with Gasteiger partial charge in [-0.05, 0) is 52.4 Å². The van der Waals surface area contributed by atoms with E-state index in [9.17, 15) is 21.5 Å². The molecule has 4 aliphatic heterocycles. The third-order valence-corrected chi connectivity index (χ3v) is 9.80. The predicted molar refractivity (Wildman–Crippen MR) is 156 cm³/mol. The smallest absolute Gasteiger partial charge is 0.310 e. The number of ether oxygens (including phenoxy) is 9. The van der Waals surface area contributed by atoms with Gasteiger partial charge in [-0.15, -0.1) is 11.3 Å². The molecule has 1 aromatic heterocycles. The fraction of sp³-hybridized carbons (Fsp3) is 0.469. The minimum absolute atomic E-state index is 0.0115. The van der Waals surface area contributed by atoms with Crippen molar-refractivity contribution in [1.29, 1.82) is 0 Å². The molecular weight excluding hydrogens is 624 g/mol. The highest BCUT2D eigenvalue weighted by Gasteiger charge is 2.56. The number of rotatable bonds is 6. The number of cyclic esters (lactones) is 1. The number of benzene rings is 2. The summed E-state index contributed by atoms with van der Waals surface area (Å²) in [7, 11) is -6.26. The van der Waals surface area contributed by atoms with Gasteiger partial charge in [-0.25, -0.2) is 0 Å². The largest absolute Gasteiger partial charge is 0.502 e. The summed E-state index contributed by atoms with van der Waals surface area (Å²) in [6.07, 6.45) is -8.41.